The quantitative estimate of drug-likeness (QED) is 0.506. The number of nitrogens with one attached hydrogen (secondary N) is 2. The zero-order valence-electron chi connectivity index (χ0n) is 14.4. The van der Waals surface area contributed by atoms with Crippen molar-refractivity contribution in [1.29, 1.82) is 0 Å². The van der Waals surface area contributed by atoms with Gasteiger partial charge in [0.15, 0.2) is 5.75 Å². The number of carbonyl (C=O) groups excluding carboxylic acids is 2. The lowest BCUT2D eigenvalue weighted by Crippen LogP contribution is -2.15. The van der Waals surface area contributed by atoms with Crippen LogP contribution >= 0.6 is 22.6 Å². The Morgan fingerprint density at radius 1 is 1.04 bits per heavy atom. The second kappa shape index (κ2) is 7.03. The predicted octanol–water partition coefficient (Wildman–Crippen LogP) is 5.21. The summed E-state index contributed by atoms with van der Waals surface area (Å²) in [6.45, 7) is 1.95. The summed E-state index contributed by atoms with van der Waals surface area (Å²) in [5.41, 5.74) is 3.12. The monoisotopic (exact) mass is 470 g/mol. The summed E-state index contributed by atoms with van der Waals surface area (Å²) < 4.78 is 6.75. The molecule has 1 heterocycles. The lowest BCUT2D eigenvalue weighted by atomic mass is 10.1. The first-order valence-corrected chi connectivity index (χ1v) is 9.39. The Kier molecular flexibility index (Phi) is 4.57. The molecule has 6 heteroatoms. The van der Waals surface area contributed by atoms with Gasteiger partial charge < -0.3 is 15.4 Å². The van der Waals surface area contributed by atoms with E-state index in [0.29, 0.717) is 34.0 Å². The fraction of sp³-hybridized carbons (Fsp3) is 0.0476. The Balaban J connectivity index is 1.64. The van der Waals surface area contributed by atoms with Crippen molar-refractivity contribution in [3.8, 4) is 11.5 Å². The van der Waals surface area contributed by atoms with E-state index in [1.54, 1.807) is 24.3 Å². The third-order valence-electron chi connectivity index (χ3n) is 4.20. The van der Waals surface area contributed by atoms with Gasteiger partial charge in [-0.1, -0.05) is 18.2 Å². The van der Waals surface area contributed by atoms with Gasteiger partial charge in [-0.2, -0.15) is 0 Å². The third kappa shape index (κ3) is 3.52. The van der Waals surface area contributed by atoms with Crippen molar-refractivity contribution in [3.63, 3.8) is 0 Å². The third-order valence-corrected chi connectivity index (χ3v) is 5.14. The van der Waals surface area contributed by atoms with Gasteiger partial charge in [0.2, 0.25) is 0 Å². The van der Waals surface area contributed by atoms with E-state index in [-0.39, 0.29) is 11.8 Å². The summed E-state index contributed by atoms with van der Waals surface area (Å²) in [5.74, 6) is 0.527. The molecule has 4 rings (SSSR count). The molecule has 0 aliphatic carbocycles. The van der Waals surface area contributed by atoms with Gasteiger partial charge in [-0.05, 0) is 77.5 Å². The normalized spacial score (nSPS) is 12.1. The molecule has 2 amide bonds. The maximum atomic E-state index is 12.6. The van der Waals surface area contributed by atoms with Gasteiger partial charge in [-0.3, -0.25) is 9.59 Å². The van der Waals surface area contributed by atoms with Crippen LogP contribution in [0, 0.1) is 10.5 Å². The highest BCUT2D eigenvalue weighted by Gasteiger charge is 2.22. The van der Waals surface area contributed by atoms with Gasteiger partial charge in [-0.15, -0.1) is 0 Å². The topological polar surface area (TPSA) is 67.4 Å². The van der Waals surface area contributed by atoms with Gasteiger partial charge in [-0.25, -0.2) is 0 Å². The number of halogens is 1. The second-order valence-electron chi connectivity index (χ2n) is 6.20. The number of hydrogen-bond donors (Lipinski definition) is 2. The molecule has 0 atom stereocenters. The largest absolute Gasteiger partial charge is 0.454 e. The van der Waals surface area contributed by atoms with Crippen molar-refractivity contribution in [1.82, 2.24) is 0 Å². The Morgan fingerprint density at radius 3 is 2.63 bits per heavy atom. The van der Waals surface area contributed by atoms with Crippen LogP contribution in [0.1, 0.15) is 26.3 Å². The average molecular weight is 470 g/mol. The van der Waals surface area contributed by atoms with Crippen LogP contribution in [-0.2, 0) is 0 Å². The molecule has 0 saturated carbocycles. The molecule has 0 fully saturated rings. The molecule has 3 aromatic rings. The molecule has 3 aromatic carbocycles. The maximum absolute atomic E-state index is 12.6. The van der Waals surface area contributed by atoms with E-state index in [1.165, 1.54) is 0 Å². The maximum Gasteiger partial charge on any atom is 0.259 e. The van der Waals surface area contributed by atoms with E-state index in [9.17, 15) is 9.59 Å². The van der Waals surface area contributed by atoms with E-state index < -0.39 is 0 Å². The number of benzene rings is 3. The number of amides is 2. The Morgan fingerprint density at radius 2 is 1.81 bits per heavy atom. The summed E-state index contributed by atoms with van der Waals surface area (Å²) in [6.07, 6.45) is 0. The van der Waals surface area contributed by atoms with E-state index in [1.807, 2.05) is 43.3 Å². The summed E-state index contributed by atoms with van der Waals surface area (Å²) in [5, 5.41) is 5.70. The highest BCUT2D eigenvalue weighted by Crippen LogP contribution is 2.37. The van der Waals surface area contributed by atoms with Crippen molar-refractivity contribution in [2.24, 2.45) is 0 Å². The van der Waals surface area contributed by atoms with E-state index in [4.69, 9.17) is 4.74 Å². The first-order valence-electron chi connectivity index (χ1n) is 8.31. The fourth-order valence-electron chi connectivity index (χ4n) is 2.86. The molecule has 0 spiro atoms. The number of carbonyl (C=O) groups is 2. The minimum absolute atomic E-state index is 0.228. The minimum atomic E-state index is -0.278. The molecule has 2 N–H and O–H groups in total. The summed E-state index contributed by atoms with van der Waals surface area (Å²) in [6, 6.07) is 18.0. The van der Waals surface area contributed by atoms with Crippen molar-refractivity contribution < 1.29 is 14.3 Å². The Hall–Kier alpha value is -2.87. The Labute approximate surface area is 169 Å². The van der Waals surface area contributed by atoms with Crippen molar-refractivity contribution in [2.45, 2.75) is 6.92 Å². The second-order valence-corrected chi connectivity index (χ2v) is 7.36. The Bertz CT molecular complexity index is 1080. The van der Waals surface area contributed by atoms with Crippen molar-refractivity contribution >= 4 is 45.8 Å². The summed E-state index contributed by atoms with van der Waals surface area (Å²) >= 11 is 2.12. The predicted molar refractivity (Wildman–Crippen MR) is 113 cm³/mol. The SMILES string of the molecule is Cc1ccc2c(c1)NC(=O)c1cc(NC(=O)c3ccccc3I)ccc1O2. The highest BCUT2D eigenvalue weighted by molar-refractivity contribution is 14.1. The van der Waals surface area contributed by atoms with Gasteiger partial charge in [0.25, 0.3) is 11.8 Å². The molecule has 0 bridgehead atoms. The van der Waals surface area contributed by atoms with Gasteiger partial charge >= 0.3 is 0 Å². The van der Waals surface area contributed by atoms with E-state index in [0.717, 1.165) is 9.13 Å². The molecule has 0 unspecified atom stereocenters. The number of aryl methyl sites for hydroxylation is 1. The number of ether oxygens (including phenoxy) is 1. The molecule has 0 saturated heterocycles. The molecule has 1 aliphatic rings. The molecular formula is C21H15IN2O3. The molecule has 0 aromatic heterocycles. The minimum Gasteiger partial charge on any atom is -0.454 e. The fourth-order valence-corrected chi connectivity index (χ4v) is 3.49. The molecule has 1 aliphatic heterocycles. The number of hydrogen-bond acceptors (Lipinski definition) is 3. The molecule has 27 heavy (non-hydrogen) atoms. The van der Waals surface area contributed by atoms with Crippen LogP contribution in [0.2, 0.25) is 0 Å². The molecule has 0 radical (unpaired) electrons. The van der Waals surface area contributed by atoms with E-state index >= 15 is 0 Å². The number of fused-ring (bicyclic) bond motifs is 2. The van der Waals surface area contributed by atoms with Crippen LogP contribution in [0.5, 0.6) is 11.5 Å². The number of anilines is 2. The van der Waals surface area contributed by atoms with Crippen LogP contribution in [0.15, 0.2) is 60.7 Å². The standard InChI is InChI=1S/C21H15IN2O3/c1-12-6-8-19-17(10-12)24-21(26)15-11-13(7-9-18(15)27-19)23-20(25)14-4-2-3-5-16(14)22/h2-11H,1H3,(H,23,25)(H,24,26). The van der Waals surface area contributed by atoms with Gasteiger partial charge in [0, 0.05) is 9.26 Å². The zero-order valence-corrected chi connectivity index (χ0v) is 16.5. The summed E-state index contributed by atoms with van der Waals surface area (Å²) in [7, 11) is 0. The van der Waals surface area contributed by atoms with Gasteiger partial charge in [0.05, 0.1) is 16.8 Å². The number of rotatable bonds is 2. The summed E-state index contributed by atoms with van der Waals surface area (Å²) in [4.78, 5) is 25.2. The zero-order chi connectivity index (χ0) is 19.0. The molecule has 134 valence electrons. The lowest BCUT2D eigenvalue weighted by molar-refractivity contribution is 0.101. The molecular weight excluding hydrogens is 455 g/mol. The van der Waals surface area contributed by atoms with E-state index in [2.05, 4.69) is 33.2 Å². The van der Waals surface area contributed by atoms with Crippen molar-refractivity contribution in [3.05, 3.63) is 80.9 Å². The van der Waals surface area contributed by atoms with Crippen LogP contribution in [0.3, 0.4) is 0 Å². The highest BCUT2D eigenvalue weighted by atomic mass is 127. The van der Waals surface area contributed by atoms with Gasteiger partial charge in [0.1, 0.15) is 5.75 Å². The smallest absolute Gasteiger partial charge is 0.259 e. The molecule has 5 nitrogen and oxygen atoms in total. The van der Waals surface area contributed by atoms with Crippen LogP contribution in [-0.4, -0.2) is 11.8 Å². The first kappa shape index (κ1) is 17.5. The van der Waals surface area contributed by atoms with Crippen molar-refractivity contribution in [2.75, 3.05) is 10.6 Å². The average Bonchev–Trinajstić information content (AvgIpc) is 2.78. The van der Waals surface area contributed by atoms with Crippen LogP contribution in [0.25, 0.3) is 0 Å². The first-order chi connectivity index (χ1) is 13.0. The van der Waals surface area contributed by atoms with Crippen LogP contribution < -0.4 is 15.4 Å². The van der Waals surface area contributed by atoms with Crippen LogP contribution in [0.4, 0.5) is 11.4 Å². The lowest BCUT2D eigenvalue weighted by Gasteiger charge is -2.10.